The van der Waals surface area contributed by atoms with Crippen LogP contribution in [0.1, 0.15) is 42.8 Å². The van der Waals surface area contributed by atoms with E-state index < -0.39 is 0 Å². The molecule has 4 fully saturated rings. The van der Waals surface area contributed by atoms with Crippen LogP contribution in [0.25, 0.3) is 0 Å². The first kappa shape index (κ1) is 28.7. The number of hydrogen-bond donors (Lipinski definition) is 0. The van der Waals surface area contributed by atoms with E-state index in [1.54, 1.807) is 0 Å². The number of hydrogen-bond acceptors (Lipinski definition) is 4. The van der Waals surface area contributed by atoms with Crippen LogP contribution in [0.3, 0.4) is 0 Å². The Morgan fingerprint density at radius 2 is 1.23 bits per heavy atom. The predicted molar refractivity (Wildman–Crippen MR) is 147 cm³/mol. The summed E-state index contributed by atoms with van der Waals surface area (Å²) in [5.41, 5.74) is 2.82. The fourth-order valence-corrected chi connectivity index (χ4v) is 4.82. The van der Waals surface area contributed by atoms with Gasteiger partial charge in [-0.25, -0.2) is 0 Å². The van der Waals surface area contributed by atoms with Crippen molar-refractivity contribution in [3.63, 3.8) is 0 Å². The van der Waals surface area contributed by atoms with E-state index in [0.29, 0.717) is 31.2 Å². The lowest BCUT2D eigenvalue weighted by atomic mass is 10.2. The van der Waals surface area contributed by atoms with Crippen molar-refractivity contribution in [1.82, 2.24) is 9.80 Å². The lowest BCUT2D eigenvalue weighted by Crippen LogP contribution is -2.30. The number of ether oxygens (including phenoxy) is 2. The maximum atomic E-state index is 11.9. The Labute approximate surface area is 221 Å². The number of amides is 2. The average Bonchev–Trinajstić information content (AvgIpc) is 3.62. The molecule has 0 N–H and O–H groups in total. The second kappa shape index (κ2) is 13.0. The van der Waals surface area contributed by atoms with Gasteiger partial charge in [0, 0.05) is 29.5 Å². The molecular formula is C27H34N2O4S2. The van der Waals surface area contributed by atoms with Gasteiger partial charge in [-0.05, 0) is 6.42 Å². The average molecular weight is 515 g/mol. The third-order valence-electron chi connectivity index (χ3n) is 6.35. The zero-order valence-corrected chi connectivity index (χ0v) is 21.8. The highest BCUT2D eigenvalue weighted by molar-refractivity contribution is 7.59. The Morgan fingerprint density at radius 1 is 0.743 bits per heavy atom. The maximum Gasteiger partial charge on any atom is 0.251 e. The molecule has 0 aliphatic carbocycles. The molecule has 4 aliphatic rings. The highest BCUT2D eigenvalue weighted by Gasteiger charge is 2.45. The molecule has 8 heteroatoms. The minimum absolute atomic E-state index is 0. The van der Waals surface area contributed by atoms with Gasteiger partial charge in [-0.3, -0.25) is 9.59 Å². The third kappa shape index (κ3) is 5.83. The number of carbonyl (C=O) groups excluding carboxylic acids is 2. The van der Waals surface area contributed by atoms with Crippen molar-refractivity contribution in [2.24, 2.45) is 0 Å². The molecule has 2 aromatic carbocycles. The second-order valence-corrected chi connectivity index (χ2v) is 8.36. The van der Waals surface area contributed by atoms with Crippen molar-refractivity contribution in [1.29, 1.82) is 0 Å². The summed E-state index contributed by atoms with van der Waals surface area (Å²) in [6.45, 7) is 11.1. The van der Waals surface area contributed by atoms with Gasteiger partial charge in [0.25, 0.3) is 5.91 Å². The van der Waals surface area contributed by atoms with E-state index in [2.05, 4.69) is 19.7 Å². The molecule has 0 spiro atoms. The zero-order chi connectivity index (χ0) is 23.4. The summed E-state index contributed by atoms with van der Waals surface area (Å²) in [4.78, 5) is 27.3. The van der Waals surface area contributed by atoms with E-state index >= 15 is 0 Å². The molecule has 0 bridgehead atoms. The topological polar surface area (TPSA) is 59.1 Å². The van der Waals surface area contributed by atoms with Crippen molar-refractivity contribution in [2.75, 3.05) is 13.2 Å². The monoisotopic (exact) mass is 514 g/mol. The van der Waals surface area contributed by atoms with Gasteiger partial charge in [0.2, 0.25) is 5.91 Å². The SMILES string of the molecule is C=C.C=C1C[C@H]2CO[C@H](c3ccccc3)N2C1=O.O=C1CC[C@H]2CO[C@H](c3ccccc3)N12.S.S. The Balaban J connectivity index is 0.000000219. The number of nitrogens with zero attached hydrogens (tertiary/aromatic N) is 2. The molecule has 0 saturated carbocycles. The smallest absolute Gasteiger partial charge is 0.251 e. The number of carbonyl (C=O) groups is 2. The fraction of sp³-hybridized carbons (Fsp3) is 0.333. The van der Waals surface area contributed by atoms with E-state index in [9.17, 15) is 9.59 Å². The van der Waals surface area contributed by atoms with E-state index in [4.69, 9.17) is 9.47 Å². The first-order valence-corrected chi connectivity index (χ1v) is 11.3. The second-order valence-electron chi connectivity index (χ2n) is 8.36. The summed E-state index contributed by atoms with van der Waals surface area (Å²) in [7, 11) is 0. The van der Waals surface area contributed by atoms with Crippen LogP contribution < -0.4 is 0 Å². The van der Waals surface area contributed by atoms with Crippen LogP contribution in [0.5, 0.6) is 0 Å². The molecule has 6 rings (SSSR count). The van der Waals surface area contributed by atoms with Gasteiger partial charge in [0.1, 0.15) is 0 Å². The van der Waals surface area contributed by atoms with Crippen LogP contribution in [-0.4, -0.2) is 46.9 Å². The Bertz CT molecular complexity index is 1000. The molecular weight excluding hydrogens is 480 g/mol. The Kier molecular flexibility index (Phi) is 10.6. The van der Waals surface area contributed by atoms with E-state index in [-0.39, 0.29) is 57.3 Å². The Hall–Kier alpha value is -2.52. The van der Waals surface area contributed by atoms with Crippen molar-refractivity contribution >= 4 is 38.8 Å². The summed E-state index contributed by atoms with van der Waals surface area (Å²) in [6, 6.07) is 20.3. The van der Waals surface area contributed by atoms with Crippen LogP contribution in [0.2, 0.25) is 0 Å². The van der Waals surface area contributed by atoms with Crippen molar-refractivity contribution in [3.05, 3.63) is 97.1 Å². The van der Waals surface area contributed by atoms with Gasteiger partial charge in [-0.15, -0.1) is 13.2 Å². The summed E-state index contributed by atoms with van der Waals surface area (Å²) in [5.74, 6) is 0.266. The predicted octanol–water partition coefficient (Wildman–Crippen LogP) is 4.61. The van der Waals surface area contributed by atoms with Gasteiger partial charge in [-0.2, -0.15) is 27.0 Å². The van der Waals surface area contributed by atoms with Crippen molar-refractivity contribution in [2.45, 2.75) is 43.8 Å². The van der Waals surface area contributed by atoms with Crippen LogP contribution in [0.15, 0.2) is 86.0 Å². The number of rotatable bonds is 2. The van der Waals surface area contributed by atoms with E-state index in [1.165, 1.54) is 0 Å². The molecule has 4 atom stereocenters. The molecule has 4 aliphatic heterocycles. The first-order chi connectivity index (χ1) is 16.1. The third-order valence-corrected chi connectivity index (χ3v) is 6.35. The lowest BCUT2D eigenvalue weighted by Gasteiger charge is -2.22. The lowest BCUT2D eigenvalue weighted by molar-refractivity contribution is -0.134. The molecule has 4 heterocycles. The fourth-order valence-electron chi connectivity index (χ4n) is 4.82. The molecule has 35 heavy (non-hydrogen) atoms. The molecule has 2 amide bonds. The molecule has 4 saturated heterocycles. The van der Waals surface area contributed by atoms with E-state index in [0.717, 1.165) is 24.0 Å². The first-order valence-electron chi connectivity index (χ1n) is 11.3. The van der Waals surface area contributed by atoms with Gasteiger partial charge in [-0.1, -0.05) is 67.2 Å². The molecule has 0 aromatic heterocycles. The highest BCUT2D eigenvalue weighted by Crippen LogP contribution is 2.39. The van der Waals surface area contributed by atoms with Crippen molar-refractivity contribution in [3.8, 4) is 0 Å². The molecule has 6 nitrogen and oxygen atoms in total. The Morgan fingerprint density at radius 3 is 1.77 bits per heavy atom. The highest BCUT2D eigenvalue weighted by atomic mass is 32.1. The summed E-state index contributed by atoms with van der Waals surface area (Å²) in [6.07, 6.45) is 1.99. The standard InChI is InChI=1S/C13H13NO2.C12H13NO2.C2H4.2H2S/c1-9-7-11-8-16-13(14(11)12(9)15)10-5-3-2-4-6-10;14-11-7-6-10-8-15-12(13(10)11)9-4-2-1-3-5-9;1-2;;/h2-6,11,13H,1,7-8H2;1-5,10,12H,6-8H2;1-2H2;2*1H2/t11-,13+;10-,12+;;;/m00.../s1. The summed E-state index contributed by atoms with van der Waals surface area (Å²) >= 11 is 0. The largest absolute Gasteiger partial charge is 0.352 e. The molecule has 188 valence electrons. The maximum absolute atomic E-state index is 11.9. The van der Waals surface area contributed by atoms with E-state index in [1.807, 2.05) is 70.5 Å². The number of fused-ring (bicyclic) bond motifs is 2. The molecule has 0 unspecified atom stereocenters. The zero-order valence-electron chi connectivity index (χ0n) is 19.8. The molecule has 0 radical (unpaired) electrons. The molecule has 2 aromatic rings. The normalized spacial score (nSPS) is 25.9. The van der Waals surface area contributed by atoms with Crippen LogP contribution in [-0.2, 0) is 19.1 Å². The van der Waals surface area contributed by atoms with Gasteiger partial charge < -0.3 is 19.3 Å². The van der Waals surface area contributed by atoms with Crippen LogP contribution in [0.4, 0.5) is 0 Å². The minimum atomic E-state index is -0.224. The summed E-state index contributed by atoms with van der Waals surface area (Å²) < 4.78 is 11.4. The van der Waals surface area contributed by atoms with Crippen molar-refractivity contribution < 1.29 is 19.1 Å². The minimum Gasteiger partial charge on any atom is -0.352 e. The quantitative estimate of drug-likeness (QED) is 0.434. The van der Waals surface area contributed by atoms with Gasteiger partial charge in [0.15, 0.2) is 12.5 Å². The van der Waals surface area contributed by atoms with Crippen LogP contribution >= 0.6 is 27.0 Å². The van der Waals surface area contributed by atoms with Crippen LogP contribution in [0, 0.1) is 0 Å². The number of benzene rings is 2. The van der Waals surface area contributed by atoms with Gasteiger partial charge in [0.05, 0.1) is 25.3 Å². The van der Waals surface area contributed by atoms with Gasteiger partial charge >= 0.3 is 0 Å². The summed E-state index contributed by atoms with van der Waals surface area (Å²) in [5, 5.41) is 0.